The summed E-state index contributed by atoms with van der Waals surface area (Å²) in [6, 6.07) is 14.5. The van der Waals surface area contributed by atoms with Gasteiger partial charge in [0.25, 0.3) is 5.91 Å². The smallest absolute Gasteiger partial charge is 0.256 e. The van der Waals surface area contributed by atoms with E-state index in [1.807, 2.05) is 37.3 Å². The molecule has 0 saturated heterocycles. The SMILES string of the molecule is CCCNS(=O)(=O)c1ccc2c(c1)C(=Cc1cc3ccccc3[nH]1)C(=O)N2. The van der Waals surface area contributed by atoms with Gasteiger partial charge < -0.3 is 10.3 Å². The highest BCUT2D eigenvalue weighted by Gasteiger charge is 2.26. The molecule has 2 aromatic carbocycles. The molecule has 0 atom stereocenters. The fourth-order valence-corrected chi connectivity index (χ4v) is 4.29. The van der Waals surface area contributed by atoms with Gasteiger partial charge in [-0.05, 0) is 48.2 Å². The number of nitrogens with one attached hydrogen (secondary N) is 3. The van der Waals surface area contributed by atoms with Gasteiger partial charge in [-0.15, -0.1) is 0 Å². The maximum Gasteiger partial charge on any atom is 0.256 e. The quantitative estimate of drug-likeness (QED) is 0.592. The topological polar surface area (TPSA) is 91.1 Å². The van der Waals surface area contributed by atoms with Crippen LogP contribution in [-0.2, 0) is 14.8 Å². The summed E-state index contributed by atoms with van der Waals surface area (Å²) < 4.78 is 27.4. The molecular formula is C20H19N3O3S. The molecule has 1 aliphatic heterocycles. The van der Waals surface area contributed by atoms with Crippen LogP contribution in [0.5, 0.6) is 0 Å². The van der Waals surface area contributed by atoms with Crippen molar-refractivity contribution < 1.29 is 13.2 Å². The molecule has 1 aliphatic rings. The number of anilines is 1. The highest BCUT2D eigenvalue weighted by Crippen LogP contribution is 2.35. The van der Waals surface area contributed by atoms with Crippen LogP contribution in [0.2, 0.25) is 0 Å². The number of H-pyrrole nitrogens is 1. The fourth-order valence-electron chi connectivity index (χ4n) is 3.13. The van der Waals surface area contributed by atoms with Crippen molar-refractivity contribution in [2.24, 2.45) is 0 Å². The van der Waals surface area contributed by atoms with Crippen LogP contribution in [0.15, 0.2) is 53.4 Å². The number of hydrogen-bond donors (Lipinski definition) is 3. The van der Waals surface area contributed by atoms with Crippen LogP contribution in [0, 0.1) is 0 Å². The molecule has 27 heavy (non-hydrogen) atoms. The summed E-state index contributed by atoms with van der Waals surface area (Å²) in [6.45, 7) is 2.27. The molecule has 3 N–H and O–H groups in total. The molecule has 4 rings (SSSR count). The number of aromatic amines is 1. The van der Waals surface area contributed by atoms with E-state index < -0.39 is 10.0 Å². The molecule has 1 amide bonds. The van der Waals surface area contributed by atoms with Gasteiger partial charge in [-0.2, -0.15) is 0 Å². The van der Waals surface area contributed by atoms with Gasteiger partial charge in [-0.1, -0.05) is 25.1 Å². The Labute approximate surface area is 157 Å². The van der Waals surface area contributed by atoms with Gasteiger partial charge in [0.2, 0.25) is 10.0 Å². The normalized spacial score (nSPS) is 15.3. The minimum Gasteiger partial charge on any atom is -0.355 e. The lowest BCUT2D eigenvalue weighted by Gasteiger charge is -2.07. The zero-order chi connectivity index (χ0) is 19.0. The summed E-state index contributed by atoms with van der Waals surface area (Å²) in [7, 11) is -3.60. The number of benzene rings is 2. The van der Waals surface area contributed by atoms with Crippen molar-refractivity contribution >= 4 is 44.2 Å². The van der Waals surface area contributed by atoms with Gasteiger partial charge in [-0.3, -0.25) is 4.79 Å². The third-order valence-corrected chi connectivity index (χ3v) is 5.94. The van der Waals surface area contributed by atoms with Gasteiger partial charge in [0.15, 0.2) is 0 Å². The van der Waals surface area contributed by atoms with Crippen LogP contribution >= 0.6 is 0 Å². The van der Waals surface area contributed by atoms with Crippen LogP contribution in [0.4, 0.5) is 5.69 Å². The number of aromatic nitrogens is 1. The molecule has 7 heteroatoms. The predicted molar refractivity (Wildman–Crippen MR) is 107 cm³/mol. The predicted octanol–water partition coefficient (Wildman–Crippen LogP) is 3.35. The van der Waals surface area contributed by atoms with E-state index in [2.05, 4.69) is 15.0 Å². The summed E-state index contributed by atoms with van der Waals surface area (Å²) in [5.41, 5.74) is 3.38. The zero-order valence-electron chi connectivity index (χ0n) is 14.7. The van der Waals surface area contributed by atoms with Gasteiger partial charge in [-0.25, -0.2) is 13.1 Å². The Bertz CT molecular complexity index is 1140. The van der Waals surface area contributed by atoms with E-state index in [1.54, 1.807) is 18.2 Å². The van der Waals surface area contributed by atoms with Gasteiger partial charge in [0, 0.05) is 29.0 Å². The Kier molecular flexibility index (Phi) is 4.33. The second kappa shape index (κ2) is 6.68. The monoisotopic (exact) mass is 381 g/mol. The number of para-hydroxylation sites is 1. The number of carbonyl (C=O) groups excluding carboxylic acids is 1. The molecule has 0 aliphatic carbocycles. The lowest BCUT2D eigenvalue weighted by Crippen LogP contribution is -2.24. The third-order valence-electron chi connectivity index (χ3n) is 4.48. The van der Waals surface area contributed by atoms with E-state index in [1.165, 1.54) is 6.07 Å². The number of carbonyl (C=O) groups is 1. The third kappa shape index (κ3) is 3.27. The summed E-state index contributed by atoms with van der Waals surface area (Å²) in [4.78, 5) is 15.8. The molecule has 0 radical (unpaired) electrons. The van der Waals surface area contributed by atoms with Crippen molar-refractivity contribution in [3.05, 3.63) is 59.8 Å². The summed E-state index contributed by atoms with van der Waals surface area (Å²) in [5.74, 6) is -0.250. The van der Waals surface area contributed by atoms with Crippen LogP contribution in [0.1, 0.15) is 24.6 Å². The van der Waals surface area contributed by atoms with E-state index in [4.69, 9.17) is 0 Å². The lowest BCUT2D eigenvalue weighted by molar-refractivity contribution is -0.110. The Balaban J connectivity index is 1.76. The fraction of sp³-hybridized carbons (Fsp3) is 0.150. The summed E-state index contributed by atoms with van der Waals surface area (Å²) in [5, 5.41) is 3.83. The molecule has 0 spiro atoms. The van der Waals surface area contributed by atoms with Crippen molar-refractivity contribution in [1.82, 2.24) is 9.71 Å². The standard InChI is InChI=1S/C20H19N3O3S/c1-2-9-21-27(25,26)15-7-8-19-16(12-15)17(20(24)23-19)11-14-10-13-5-3-4-6-18(13)22-14/h3-8,10-12,21-22H,2,9H2,1H3,(H,23,24). The molecule has 0 saturated carbocycles. The van der Waals surface area contributed by atoms with E-state index in [0.717, 1.165) is 16.6 Å². The molecule has 0 bridgehead atoms. The highest BCUT2D eigenvalue weighted by molar-refractivity contribution is 7.89. The van der Waals surface area contributed by atoms with Crippen molar-refractivity contribution in [2.75, 3.05) is 11.9 Å². The average Bonchev–Trinajstić information content (AvgIpc) is 3.20. The number of rotatable bonds is 5. The number of hydrogen-bond acceptors (Lipinski definition) is 3. The summed E-state index contributed by atoms with van der Waals surface area (Å²) >= 11 is 0. The molecule has 0 unspecified atom stereocenters. The minimum absolute atomic E-state index is 0.147. The first-order valence-electron chi connectivity index (χ1n) is 8.73. The molecule has 2 heterocycles. The average molecular weight is 381 g/mol. The van der Waals surface area contributed by atoms with Gasteiger partial charge in [0.1, 0.15) is 0 Å². The Morgan fingerprint density at radius 2 is 1.93 bits per heavy atom. The number of amides is 1. The van der Waals surface area contributed by atoms with Crippen molar-refractivity contribution in [2.45, 2.75) is 18.2 Å². The van der Waals surface area contributed by atoms with Crippen LogP contribution in [-0.4, -0.2) is 25.9 Å². The summed E-state index contributed by atoms with van der Waals surface area (Å²) in [6.07, 6.45) is 2.45. The maximum atomic E-state index is 12.4. The van der Waals surface area contributed by atoms with E-state index >= 15 is 0 Å². The first kappa shape index (κ1) is 17.5. The Hall–Kier alpha value is -2.90. The van der Waals surface area contributed by atoms with Crippen LogP contribution in [0.3, 0.4) is 0 Å². The first-order chi connectivity index (χ1) is 13.0. The van der Waals surface area contributed by atoms with E-state index in [0.29, 0.717) is 29.8 Å². The number of sulfonamides is 1. The molecule has 0 fully saturated rings. The first-order valence-corrected chi connectivity index (χ1v) is 10.2. The zero-order valence-corrected chi connectivity index (χ0v) is 15.6. The number of fused-ring (bicyclic) bond motifs is 2. The molecule has 3 aromatic rings. The minimum atomic E-state index is -3.60. The largest absolute Gasteiger partial charge is 0.355 e. The Morgan fingerprint density at radius 3 is 2.70 bits per heavy atom. The highest BCUT2D eigenvalue weighted by atomic mass is 32.2. The second-order valence-corrected chi connectivity index (χ2v) is 8.20. The molecule has 138 valence electrons. The molecule has 1 aromatic heterocycles. The van der Waals surface area contributed by atoms with Crippen molar-refractivity contribution in [3.8, 4) is 0 Å². The van der Waals surface area contributed by atoms with Gasteiger partial charge >= 0.3 is 0 Å². The second-order valence-electron chi connectivity index (χ2n) is 6.43. The van der Waals surface area contributed by atoms with Crippen molar-refractivity contribution in [3.63, 3.8) is 0 Å². The van der Waals surface area contributed by atoms with Gasteiger partial charge in [0.05, 0.1) is 10.5 Å². The van der Waals surface area contributed by atoms with E-state index in [-0.39, 0.29) is 10.8 Å². The lowest BCUT2D eigenvalue weighted by atomic mass is 10.1. The van der Waals surface area contributed by atoms with Crippen LogP contribution < -0.4 is 10.0 Å². The molecule has 6 nitrogen and oxygen atoms in total. The van der Waals surface area contributed by atoms with E-state index in [9.17, 15) is 13.2 Å². The molecular weight excluding hydrogens is 362 g/mol. The van der Waals surface area contributed by atoms with Crippen LogP contribution in [0.25, 0.3) is 22.6 Å². The van der Waals surface area contributed by atoms with Crippen molar-refractivity contribution in [1.29, 1.82) is 0 Å². The Morgan fingerprint density at radius 1 is 1.11 bits per heavy atom. The maximum absolute atomic E-state index is 12.4.